The summed E-state index contributed by atoms with van der Waals surface area (Å²) >= 11 is 0. The first-order valence-corrected chi connectivity index (χ1v) is 20.7. The highest BCUT2D eigenvalue weighted by Gasteiger charge is 2.44. The number of hydrogen-bond acceptors (Lipinski definition) is 8. The Morgan fingerprint density at radius 3 is 1.67 bits per heavy atom. The van der Waals surface area contributed by atoms with E-state index in [4.69, 9.17) is 9.47 Å². The molecule has 0 saturated carbocycles. The lowest BCUT2D eigenvalue weighted by Crippen LogP contribution is -2.60. The molecule has 0 bridgehead atoms. The van der Waals surface area contributed by atoms with Crippen molar-refractivity contribution in [2.75, 3.05) is 13.2 Å². The number of hydrogen-bond donors (Lipinski definition) is 6. The van der Waals surface area contributed by atoms with Gasteiger partial charge in [-0.15, -0.1) is 0 Å². The number of aliphatic hydroxyl groups is 5. The molecule has 1 saturated heterocycles. The number of unbranched alkanes of at least 4 members (excludes halogenated alkanes) is 19. The Hall–Kier alpha value is -1.59. The number of aliphatic hydroxyl groups excluding tert-OH is 5. The molecule has 6 N–H and O–H groups in total. The summed E-state index contributed by atoms with van der Waals surface area (Å²) in [5.74, 6) is -0.195. The van der Waals surface area contributed by atoms with E-state index in [-0.39, 0.29) is 12.5 Å². The van der Waals surface area contributed by atoms with Gasteiger partial charge < -0.3 is 40.3 Å². The molecule has 7 unspecified atom stereocenters. The van der Waals surface area contributed by atoms with Gasteiger partial charge in [-0.05, 0) is 57.8 Å². The smallest absolute Gasteiger partial charge is 0.220 e. The Balaban J connectivity index is 2.38. The SMILES string of the molecule is CCCCCC/C=C/CC/C=C/C(O)C(COC1OC(CO)C(O)C(O)C1O)NC(=O)CCCCCCCCC/C=C\CCCCCCCCC. The maximum atomic E-state index is 12.9. The normalized spacial score (nSPS) is 22.4. The minimum Gasteiger partial charge on any atom is -0.394 e. The average Bonchev–Trinajstić information content (AvgIpc) is 3.13. The van der Waals surface area contributed by atoms with Crippen LogP contribution in [0.1, 0.15) is 168 Å². The molecule has 0 aromatic carbocycles. The van der Waals surface area contributed by atoms with E-state index in [1.54, 1.807) is 6.08 Å². The van der Waals surface area contributed by atoms with E-state index in [9.17, 15) is 30.3 Å². The number of carbonyl (C=O) groups is 1. The lowest BCUT2D eigenvalue weighted by atomic mass is 9.99. The molecule has 0 aromatic rings. The molecule has 51 heavy (non-hydrogen) atoms. The molecule has 9 heteroatoms. The average molecular weight is 724 g/mol. The van der Waals surface area contributed by atoms with Crippen LogP contribution in [0.15, 0.2) is 36.5 Å². The van der Waals surface area contributed by atoms with Crippen molar-refractivity contribution in [3.8, 4) is 0 Å². The monoisotopic (exact) mass is 724 g/mol. The van der Waals surface area contributed by atoms with Crippen molar-refractivity contribution in [3.63, 3.8) is 0 Å². The van der Waals surface area contributed by atoms with Crippen LogP contribution in [0, 0.1) is 0 Å². The molecular formula is C42H77NO8. The fraction of sp³-hybridized carbons (Fsp3) is 0.833. The Morgan fingerprint density at radius 2 is 1.12 bits per heavy atom. The third-order valence-electron chi connectivity index (χ3n) is 9.69. The minimum atomic E-state index is -1.57. The van der Waals surface area contributed by atoms with Crippen LogP contribution in [0.4, 0.5) is 0 Å². The van der Waals surface area contributed by atoms with Crippen LogP contribution in [-0.2, 0) is 14.3 Å². The summed E-state index contributed by atoms with van der Waals surface area (Å²) in [4.78, 5) is 12.9. The van der Waals surface area contributed by atoms with E-state index in [2.05, 4.69) is 43.5 Å². The van der Waals surface area contributed by atoms with Crippen LogP contribution in [0.2, 0.25) is 0 Å². The summed E-state index contributed by atoms with van der Waals surface area (Å²) in [6.07, 6.45) is 31.9. The van der Waals surface area contributed by atoms with Crippen molar-refractivity contribution < 1.29 is 39.8 Å². The lowest BCUT2D eigenvalue weighted by Gasteiger charge is -2.40. The van der Waals surface area contributed by atoms with Crippen molar-refractivity contribution >= 4 is 5.91 Å². The van der Waals surface area contributed by atoms with Gasteiger partial charge >= 0.3 is 0 Å². The largest absolute Gasteiger partial charge is 0.394 e. The third-order valence-corrected chi connectivity index (χ3v) is 9.69. The van der Waals surface area contributed by atoms with E-state index in [0.717, 1.165) is 51.4 Å². The Kier molecular flexibility index (Phi) is 30.7. The van der Waals surface area contributed by atoms with Crippen molar-refractivity contribution in [1.29, 1.82) is 0 Å². The van der Waals surface area contributed by atoms with Crippen molar-refractivity contribution in [1.82, 2.24) is 5.32 Å². The van der Waals surface area contributed by atoms with Gasteiger partial charge in [-0.1, -0.05) is 140 Å². The predicted octanol–water partition coefficient (Wildman–Crippen LogP) is 7.72. The summed E-state index contributed by atoms with van der Waals surface area (Å²) in [6, 6.07) is -0.820. The summed E-state index contributed by atoms with van der Waals surface area (Å²) < 4.78 is 11.1. The summed E-state index contributed by atoms with van der Waals surface area (Å²) in [5, 5.41) is 53.9. The van der Waals surface area contributed by atoms with Gasteiger partial charge in [0.05, 0.1) is 25.4 Å². The number of rotatable bonds is 33. The molecule has 1 aliphatic heterocycles. The molecule has 0 radical (unpaired) electrons. The van der Waals surface area contributed by atoms with Gasteiger partial charge in [0.2, 0.25) is 5.91 Å². The van der Waals surface area contributed by atoms with Gasteiger partial charge in [0.1, 0.15) is 24.4 Å². The second-order valence-corrected chi connectivity index (χ2v) is 14.4. The molecular weight excluding hydrogens is 646 g/mol. The molecule has 0 spiro atoms. The highest BCUT2D eigenvalue weighted by Crippen LogP contribution is 2.22. The van der Waals surface area contributed by atoms with E-state index in [0.29, 0.717) is 6.42 Å². The molecule has 0 aliphatic carbocycles. The number of amides is 1. The van der Waals surface area contributed by atoms with Crippen LogP contribution in [0.5, 0.6) is 0 Å². The zero-order chi connectivity index (χ0) is 37.4. The van der Waals surface area contributed by atoms with Gasteiger partial charge in [0.15, 0.2) is 6.29 Å². The molecule has 7 atom stereocenters. The van der Waals surface area contributed by atoms with Gasteiger partial charge in [-0.25, -0.2) is 0 Å². The van der Waals surface area contributed by atoms with Crippen LogP contribution in [-0.4, -0.2) is 87.5 Å². The molecule has 298 valence electrons. The second-order valence-electron chi connectivity index (χ2n) is 14.4. The van der Waals surface area contributed by atoms with E-state index >= 15 is 0 Å². The topological polar surface area (TPSA) is 149 Å². The van der Waals surface area contributed by atoms with Crippen molar-refractivity contribution in [2.24, 2.45) is 0 Å². The quantitative estimate of drug-likeness (QED) is 0.0298. The minimum absolute atomic E-state index is 0.195. The van der Waals surface area contributed by atoms with Crippen LogP contribution < -0.4 is 5.32 Å². The molecule has 1 rings (SSSR count). The van der Waals surface area contributed by atoms with E-state index in [1.807, 2.05) is 6.08 Å². The zero-order valence-electron chi connectivity index (χ0n) is 32.4. The fourth-order valence-electron chi connectivity index (χ4n) is 6.28. The molecule has 1 aliphatic rings. The van der Waals surface area contributed by atoms with E-state index < -0.39 is 49.5 Å². The molecule has 1 heterocycles. The highest BCUT2D eigenvalue weighted by molar-refractivity contribution is 5.76. The Bertz CT molecular complexity index is 894. The van der Waals surface area contributed by atoms with Crippen LogP contribution >= 0.6 is 0 Å². The van der Waals surface area contributed by atoms with Crippen LogP contribution in [0.25, 0.3) is 0 Å². The zero-order valence-corrected chi connectivity index (χ0v) is 32.4. The van der Waals surface area contributed by atoms with Crippen molar-refractivity contribution in [2.45, 2.75) is 211 Å². The molecule has 0 aromatic heterocycles. The van der Waals surface area contributed by atoms with E-state index in [1.165, 1.54) is 96.3 Å². The van der Waals surface area contributed by atoms with Gasteiger partial charge in [0, 0.05) is 6.42 Å². The number of nitrogens with one attached hydrogen (secondary N) is 1. The maximum Gasteiger partial charge on any atom is 0.220 e. The Labute approximate surface area is 311 Å². The first kappa shape index (κ1) is 47.4. The molecule has 9 nitrogen and oxygen atoms in total. The summed E-state index contributed by atoms with van der Waals surface area (Å²) in [6.45, 7) is 3.69. The first-order valence-electron chi connectivity index (χ1n) is 20.7. The number of carbonyl (C=O) groups excluding carboxylic acids is 1. The predicted molar refractivity (Wildman–Crippen MR) is 207 cm³/mol. The highest BCUT2D eigenvalue weighted by atomic mass is 16.7. The lowest BCUT2D eigenvalue weighted by molar-refractivity contribution is -0.302. The Morgan fingerprint density at radius 1 is 0.647 bits per heavy atom. The van der Waals surface area contributed by atoms with Crippen molar-refractivity contribution in [3.05, 3.63) is 36.5 Å². The first-order chi connectivity index (χ1) is 24.8. The third kappa shape index (κ3) is 24.4. The molecule has 1 amide bonds. The number of allylic oxidation sites excluding steroid dienone is 5. The fourth-order valence-corrected chi connectivity index (χ4v) is 6.28. The summed E-state index contributed by atoms with van der Waals surface area (Å²) in [7, 11) is 0. The molecule has 1 fully saturated rings. The standard InChI is InChI=1S/C42H77NO8/c1-3-5-7-9-11-13-15-16-17-18-19-20-21-22-24-26-28-30-32-38(46)43-35(34-50-42-41(49)40(48)39(47)37(33-44)51-42)36(45)31-29-27-25-23-14-12-10-8-6-4-2/h14,17-18,23,29,31,35-37,39-42,44-45,47-49H,3-13,15-16,19-22,24-28,30,32-34H2,1-2H3,(H,43,46)/b18-17-,23-14+,31-29+. The summed E-state index contributed by atoms with van der Waals surface area (Å²) in [5.41, 5.74) is 0. The van der Waals surface area contributed by atoms with Crippen LogP contribution in [0.3, 0.4) is 0 Å². The van der Waals surface area contributed by atoms with Gasteiger partial charge in [0.25, 0.3) is 0 Å². The van der Waals surface area contributed by atoms with Gasteiger partial charge in [-0.3, -0.25) is 4.79 Å². The maximum absolute atomic E-state index is 12.9. The second kappa shape index (κ2) is 33.0. The number of ether oxygens (including phenoxy) is 2. The van der Waals surface area contributed by atoms with Gasteiger partial charge in [-0.2, -0.15) is 0 Å².